The minimum atomic E-state index is 0.000599. The lowest BCUT2D eigenvalue weighted by Gasteiger charge is -2.11. The molecule has 2 aromatic carbocycles. The van der Waals surface area contributed by atoms with Crippen molar-refractivity contribution in [2.24, 2.45) is 5.73 Å². The highest BCUT2D eigenvalue weighted by atomic mass is 79.9. The molecule has 3 N–H and O–H groups in total. The molecular formula is C15H14BrClN2O. The Kier molecular flexibility index (Phi) is 4.68. The van der Waals surface area contributed by atoms with Gasteiger partial charge in [-0.2, -0.15) is 0 Å². The third kappa shape index (κ3) is 3.52. The summed E-state index contributed by atoms with van der Waals surface area (Å²) in [5.41, 5.74) is 8.04. The molecule has 0 bridgehead atoms. The van der Waals surface area contributed by atoms with Gasteiger partial charge in [0.05, 0.1) is 4.47 Å². The van der Waals surface area contributed by atoms with Crippen molar-refractivity contribution < 1.29 is 4.74 Å². The number of rotatable bonds is 4. The first-order chi connectivity index (χ1) is 9.47. The fourth-order valence-electron chi connectivity index (χ4n) is 1.71. The van der Waals surface area contributed by atoms with Gasteiger partial charge in [0.1, 0.15) is 18.2 Å². The van der Waals surface area contributed by atoms with Crippen molar-refractivity contribution in [1.29, 1.82) is 5.41 Å². The Balaban J connectivity index is 2.13. The quantitative estimate of drug-likeness (QED) is 0.637. The number of aryl methyl sites for hydroxylation is 1. The number of benzene rings is 2. The SMILES string of the molecule is Cc1ccc(OCc2ccc(C(=N)N)cc2Cl)c(Br)c1. The van der Waals surface area contributed by atoms with E-state index in [1.54, 1.807) is 12.1 Å². The largest absolute Gasteiger partial charge is 0.488 e. The van der Waals surface area contributed by atoms with Crippen LogP contribution in [-0.4, -0.2) is 5.84 Å². The molecule has 2 aromatic rings. The maximum absolute atomic E-state index is 7.37. The van der Waals surface area contributed by atoms with Crippen LogP contribution in [0, 0.1) is 12.3 Å². The van der Waals surface area contributed by atoms with Crippen LogP contribution in [0.2, 0.25) is 5.02 Å². The van der Waals surface area contributed by atoms with E-state index in [0.29, 0.717) is 17.2 Å². The van der Waals surface area contributed by atoms with Crippen molar-refractivity contribution in [3.05, 3.63) is 62.6 Å². The summed E-state index contributed by atoms with van der Waals surface area (Å²) >= 11 is 9.63. The third-order valence-electron chi connectivity index (χ3n) is 2.83. The molecule has 0 spiro atoms. The summed E-state index contributed by atoms with van der Waals surface area (Å²) < 4.78 is 6.65. The summed E-state index contributed by atoms with van der Waals surface area (Å²) in [4.78, 5) is 0. The molecule has 2 rings (SSSR count). The predicted octanol–water partition coefficient (Wildman–Crippen LogP) is 4.27. The first-order valence-corrected chi connectivity index (χ1v) is 7.16. The molecule has 5 heteroatoms. The van der Waals surface area contributed by atoms with E-state index in [9.17, 15) is 0 Å². The smallest absolute Gasteiger partial charge is 0.134 e. The van der Waals surface area contributed by atoms with E-state index >= 15 is 0 Å². The van der Waals surface area contributed by atoms with Crippen LogP contribution in [0.25, 0.3) is 0 Å². The Morgan fingerprint density at radius 1 is 1.30 bits per heavy atom. The van der Waals surface area contributed by atoms with Gasteiger partial charge in [-0.1, -0.05) is 29.8 Å². The Labute approximate surface area is 131 Å². The number of hydrogen-bond donors (Lipinski definition) is 2. The molecule has 3 nitrogen and oxygen atoms in total. The van der Waals surface area contributed by atoms with Crippen molar-refractivity contribution in [2.75, 3.05) is 0 Å². The molecule has 0 heterocycles. The second kappa shape index (κ2) is 6.29. The van der Waals surface area contributed by atoms with Crippen molar-refractivity contribution in [3.63, 3.8) is 0 Å². The number of nitrogen functional groups attached to an aromatic ring is 1. The highest BCUT2D eigenvalue weighted by molar-refractivity contribution is 9.10. The molecule has 0 atom stereocenters. The molecule has 0 aromatic heterocycles. The van der Waals surface area contributed by atoms with Gasteiger partial charge >= 0.3 is 0 Å². The van der Waals surface area contributed by atoms with Gasteiger partial charge in [-0.25, -0.2) is 0 Å². The third-order valence-corrected chi connectivity index (χ3v) is 3.81. The highest BCUT2D eigenvalue weighted by Crippen LogP contribution is 2.27. The lowest BCUT2D eigenvalue weighted by Crippen LogP contribution is -2.11. The molecule has 0 fully saturated rings. The van der Waals surface area contributed by atoms with E-state index in [-0.39, 0.29) is 5.84 Å². The van der Waals surface area contributed by atoms with E-state index in [4.69, 9.17) is 27.5 Å². The van der Waals surface area contributed by atoms with Crippen LogP contribution >= 0.6 is 27.5 Å². The molecule has 0 aliphatic heterocycles. The van der Waals surface area contributed by atoms with Crippen LogP contribution < -0.4 is 10.5 Å². The van der Waals surface area contributed by atoms with Gasteiger partial charge in [0.15, 0.2) is 0 Å². The van der Waals surface area contributed by atoms with E-state index < -0.39 is 0 Å². The normalized spacial score (nSPS) is 10.3. The number of halogens is 2. The van der Waals surface area contributed by atoms with Crippen LogP contribution in [0.1, 0.15) is 16.7 Å². The minimum Gasteiger partial charge on any atom is -0.488 e. The summed E-state index contributed by atoms with van der Waals surface area (Å²) in [6.07, 6.45) is 0. The van der Waals surface area contributed by atoms with Gasteiger partial charge in [-0.05, 0) is 46.6 Å². The molecule has 0 aliphatic rings. The lowest BCUT2D eigenvalue weighted by atomic mass is 10.1. The molecular weight excluding hydrogens is 340 g/mol. The van der Waals surface area contributed by atoms with Gasteiger partial charge in [-0.15, -0.1) is 0 Å². The Hall–Kier alpha value is -1.52. The standard InChI is InChI=1S/C15H14BrClN2O/c1-9-2-5-14(12(16)6-9)20-8-11-4-3-10(15(18)19)7-13(11)17/h2-7H,8H2,1H3,(H3,18,19). The summed E-state index contributed by atoms with van der Waals surface area (Å²) in [5, 5.41) is 7.91. The molecule has 0 unspecified atom stereocenters. The zero-order valence-corrected chi connectivity index (χ0v) is 13.3. The highest BCUT2D eigenvalue weighted by Gasteiger charge is 2.06. The van der Waals surface area contributed by atoms with Crippen molar-refractivity contribution in [2.45, 2.75) is 13.5 Å². The molecule has 20 heavy (non-hydrogen) atoms. The number of amidine groups is 1. The zero-order valence-electron chi connectivity index (χ0n) is 10.9. The zero-order chi connectivity index (χ0) is 14.7. The van der Waals surface area contributed by atoms with Crippen LogP contribution in [0.3, 0.4) is 0 Å². The Morgan fingerprint density at radius 2 is 2.05 bits per heavy atom. The van der Waals surface area contributed by atoms with E-state index in [0.717, 1.165) is 21.3 Å². The maximum atomic E-state index is 7.37. The second-order valence-corrected chi connectivity index (χ2v) is 5.70. The predicted molar refractivity (Wildman–Crippen MR) is 85.7 cm³/mol. The summed E-state index contributed by atoms with van der Waals surface area (Å²) in [5.74, 6) is 0.767. The molecule has 0 radical (unpaired) electrons. The van der Waals surface area contributed by atoms with Gasteiger partial charge < -0.3 is 10.5 Å². The fraction of sp³-hybridized carbons (Fsp3) is 0.133. The summed E-state index contributed by atoms with van der Waals surface area (Å²) in [6, 6.07) is 11.2. The summed E-state index contributed by atoms with van der Waals surface area (Å²) in [6.45, 7) is 2.38. The molecule has 104 valence electrons. The van der Waals surface area contributed by atoms with Crippen LogP contribution in [-0.2, 0) is 6.61 Å². The van der Waals surface area contributed by atoms with Gasteiger partial charge in [0, 0.05) is 16.1 Å². The first-order valence-electron chi connectivity index (χ1n) is 5.99. The van der Waals surface area contributed by atoms with E-state index in [2.05, 4.69) is 15.9 Å². The van der Waals surface area contributed by atoms with E-state index in [1.165, 1.54) is 0 Å². The Bertz CT molecular complexity index is 658. The first kappa shape index (κ1) is 14.9. The molecule has 0 amide bonds. The average Bonchev–Trinajstić information content (AvgIpc) is 2.38. The van der Waals surface area contributed by atoms with Crippen molar-refractivity contribution in [1.82, 2.24) is 0 Å². The van der Waals surface area contributed by atoms with Crippen LogP contribution in [0.5, 0.6) is 5.75 Å². The molecule has 0 aliphatic carbocycles. The fourth-order valence-corrected chi connectivity index (χ4v) is 2.55. The van der Waals surface area contributed by atoms with E-state index in [1.807, 2.05) is 31.2 Å². The topological polar surface area (TPSA) is 59.1 Å². The van der Waals surface area contributed by atoms with Crippen molar-refractivity contribution >= 4 is 33.4 Å². The van der Waals surface area contributed by atoms with Crippen molar-refractivity contribution in [3.8, 4) is 5.75 Å². The average molecular weight is 354 g/mol. The monoisotopic (exact) mass is 352 g/mol. The van der Waals surface area contributed by atoms with Gasteiger partial charge in [0.2, 0.25) is 0 Å². The second-order valence-electron chi connectivity index (χ2n) is 4.44. The lowest BCUT2D eigenvalue weighted by molar-refractivity contribution is 0.304. The molecule has 0 saturated heterocycles. The van der Waals surface area contributed by atoms with Crippen LogP contribution in [0.4, 0.5) is 0 Å². The number of ether oxygens (including phenoxy) is 1. The molecule has 0 saturated carbocycles. The Morgan fingerprint density at radius 3 is 2.65 bits per heavy atom. The minimum absolute atomic E-state index is 0.000599. The van der Waals surface area contributed by atoms with Gasteiger partial charge in [-0.3, -0.25) is 5.41 Å². The summed E-state index contributed by atoms with van der Waals surface area (Å²) in [7, 11) is 0. The number of hydrogen-bond acceptors (Lipinski definition) is 2. The number of nitrogens with two attached hydrogens (primary N) is 1. The maximum Gasteiger partial charge on any atom is 0.134 e. The van der Waals surface area contributed by atoms with Crippen LogP contribution in [0.15, 0.2) is 40.9 Å². The number of nitrogens with one attached hydrogen (secondary N) is 1. The van der Waals surface area contributed by atoms with Gasteiger partial charge in [0.25, 0.3) is 0 Å².